The number of furan rings is 1. The van der Waals surface area contributed by atoms with Crippen LogP contribution in [0.1, 0.15) is 26.5 Å². The van der Waals surface area contributed by atoms with Crippen molar-refractivity contribution < 1.29 is 14.0 Å². The van der Waals surface area contributed by atoms with Gasteiger partial charge in [-0.1, -0.05) is 0 Å². The Labute approximate surface area is 165 Å². The van der Waals surface area contributed by atoms with E-state index in [1.807, 2.05) is 19.1 Å². The predicted octanol–water partition coefficient (Wildman–Crippen LogP) is 3.07. The van der Waals surface area contributed by atoms with Gasteiger partial charge in [0.1, 0.15) is 6.33 Å². The molecule has 0 saturated heterocycles. The van der Waals surface area contributed by atoms with Gasteiger partial charge in [0.15, 0.2) is 5.76 Å². The highest BCUT2D eigenvalue weighted by atomic mass is 16.3. The van der Waals surface area contributed by atoms with Crippen molar-refractivity contribution >= 4 is 23.2 Å². The van der Waals surface area contributed by atoms with Crippen LogP contribution in [0.25, 0.3) is 5.69 Å². The summed E-state index contributed by atoms with van der Waals surface area (Å²) in [6, 6.07) is 15.2. The Morgan fingerprint density at radius 2 is 1.72 bits per heavy atom. The normalized spacial score (nSPS) is 10.5. The van der Waals surface area contributed by atoms with Gasteiger partial charge >= 0.3 is 0 Å². The van der Waals surface area contributed by atoms with Crippen molar-refractivity contribution in [2.75, 3.05) is 10.6 Å². The quantitative estimate of drug-likeness (QED) is 0.543. The molecule has 2 amide bonds. The predicted molar refractivity (Wildman–Crippen MR) is 105 cm³/mol. The number of amides is 2. The number of tetrazole rings is 1. The van der Waals surface area contributed by atoms with Crippen LogP contribution in [0.15, 0.2) is 71.6 Å². The molecule has 2 heterocycles. The van der Waals surface area contributed by atoms with Crippen LogP contribution >= 0.6 is 0 Å². The smallest absolute Gasteiger partial charge is 0.291 e. The van der Waals surface area contributed by atoms with E-state index in [4.69, 9.17) is 4.42 Å². The molecule has 0 bridgehead atoms. The molecule has 9 heteroatoms. The van der Waals surface area contributed by atoms with Gasteiger partial charge in [-0.3, -0.25) is 9.59 Å². The number of aryl methyl sites for hydroxylation is 1. The molecule has 0 unspecified atom stereocenters. The van der Waals surface area contributed by atoms with Crippen LogP contribution in [-0.2, 0) is 0 Å². The average Bonchev–Trinajstić information content (AvgIpc) is 3.43. The molecule has 0 spiro atoms. The fourth-order valence-electron chi connectivity index (χ4n) is 2.77. The summed E-state index contributed by atoms with van der Waals surface area (Å²) >= 11 is 0. The Morgan fingerprint density at radius 3 is 2.38 bits per heavy atom. The van der Waals surface area contributed by atoms with Gasteiger partial charge in [0.05, 0.1) is 12.0 Å². The summed E-state index contributed by atoms with van der Waals surface area (Å²) in [5.41, 5.74) is 3.41. The van der Waals surface area contributed by atoms with Crippen LogP contribution in [0.4, 0.5) is 11.4 Å². The van der Waals surface area contributed by atoms with Crippen molar-refractivity contribution in [2.45, 2.75) is 6.92 Å². The molecule has 0 saturated carbocycles. The molecule has 0 fully saturated rings. The zero-order chi connectivity index (χ0) is 20.2. The zero-order valence-electron chi connectivity index (χ0n) is 15.4. The van der Waals surface area contributed by atoms with E-state index in [1.165, 1.54) is 12.6 Å². The lowest BCUT2D eigenvalue weighted by Crippen LogP contribution is -2.13. The molecule has 2 aromatic heterocycles. The summed E-state index contributed by atoms with van der Waals surface area (Å²) in [4.78, 5) is 24.5. The number of aromatic nitrogens is 4. The lowest BCUT2D eigenvalue weighted by Gasteiger charge is -2.10. The molecule has 0 radical (unpaired) electrons. The van der Waals surface area contributed by atoms with E-state index in [9.17, 15) is 9.59 Å². The van der Waals surface area contributed by atoms with Gasteiger partial charge in [0.25, 0.3) is 11.8 Å². The molecule has 4 aromatic rings. The average molecular weight is 388 g/mol. The van der Waals surface area contributed by atoms with Crippen molar-refractivity contribution in [3.8, 4) is 5.69 Å². The first-order chi connectivity index (χ1) is 14.1. The van der Waals surface area contributed by atoms with Crippen molar-refractivity contribution in [3.05, 3.63) is 84.1 Å². The fraction of sp³-hybridized carbons (Fsp3) is 0.0500. The highest BCUT2D eigenvalue weighted by molar-refractivity contribution is 6.05. The van der Waals surface area contributed by atoms with Crippen molar-refractivity contribution in [3.63, 3.8) is 0 Å². The first kappa shape index (κ1) is 18.1. The summed E-state index contributed by atoms with van der Waals surface area (Å²) in [5, 5.41) is 16.7. The van der Waals surface area contributed by atoms with E-state index in [-0.39, 0.29) is 17.6 Å². The minimum absolute atomic E-state index is 0.215. The van der Waals surface area contributed by atoms with E-state index in [2.05, 4.69) is 26.2 Å². The topological polar surface area (TPSA) is 115 Å². The highest BCUT2D eigenvalue weighted by Crippen LogP contribution is 2.19. The first-order valence-corrected chi connectivity index (χ1v) is 8.70. The number of nitrogens with one attached hydrogen (secondary N) is 2. The molecular formula is C20H16N6O3. The van der Waals surface area contributed by atoms with Crippen LogP contribution in [0.2, 0.25) is 0 Å². The number of hydrogen-bond donors (Lipinski definition) is 2. The number of benzene rings is 2. The van der Waals surface area contributed by atoms with E-state index < -0.39 is 0 Å². The SMILES string of the molecule is Cc1cc(NC(=O)c2ccc(NC(=O)c3ccco3)cc2)ccc1-n1cnnn1. The number of carbonyl (C=O) groups excluding carboxylic acids is 2. The van der Waals surface area contributed by atoms with Crippen LogP contribution in [0.5, 0.6) is 0 Å². The molecule has 2 aromatic carbocycles. The Kier molecular flexibility index (Phi) is 4.85. The second kappa shape index (κ2) is 7.77. The van der Waals surface area contributed by atoms with Crippen molar-refractivity contribution in [1.29, 1.82) is 0 Å². The summed E-state index contributed by atoms with van der Waals surface area (Å²) in [6.07, 6.45) is 2.94. The molecular weight excluding hydrogens is 372 g/mol. The Balaban J connectivity index is 1.42. The molecule has 2 N–H and O–H groups in total. The zero-order valence-corrected chi connectivity index (χ0v) is 15.4. The Hall–Kier alpha value is -4.27. The second-order valence-corrected chi connectivity index (χ2v) is 6.22. The third-order valence-electron chi connectivity index (χ3n) is 4.20. The lowest BCUT2D eigenvalue weighted by molar-refractivity contribution is 0.0995. The molecule has 0 aliphatic heterocycles. The van der Waals surface area contributed by atoms with Gasteiger partial charge in [-0.2, -0.15) is 0 Å². The van der Waals surface area contributed by atoms with Gasteiger partial charge in [-0.15, -0.1) is 5.10 Å². The summed E-state index contributed by atoms with van der Waals surface area (Å²) < 4.78 is 6.60. The maximum atomic E-state index is 12.5. The summed E-state index contributed by atoms with van der Waals surface area (Å²) in [6.45, 7) is 1.91. The third-order valence-corrected chi connectivity index (χ3v) is 4.20. The highest BCUT2D eigenvalue weighted by Gasteiger charge is 2.11. The molecule has 0 atom stereocenters. The van der Waals surface area contributed by atoms with Gasteiger partial charge in [0.2, 0.25) is 0 Å². The third kappa shape index (κ3) is 4.03. The minimum atomic E-state index is -0.356. The molecule has 144 valence electrons. The molecule has 0 aliphatic rings. The van der Waals surface area contributed by atoms with Gasteiger partial charge in [0, 0.05) is 16.9 Å². The number of nitrogens with zero attached hydrogens (tertiary/aromatic N) is 4. The minimum Gasteiger partial charge on any atom is -0.459 e. The Morgan fingerprint density at radius 1 is 0.966 bits per heavy atom. The largest absolute Gasteiger partial charge is 0.459 e. The van der Waals surface area contributed by atoms with E-state index in [0.29, 0.717) is 16.9 Å². The maximum absolute atomic E-state index is 12.5. The van der Waals surface area contributed by atoms with Crippen molar-refractivity contribution in [1.82, 2.24) is 20.2 Å². The van der Waals surface area contributed by atoms with Crippen LogP contribution in [0.3, 0.4) is 0 Å². The van der Waals surface area contributed by atoms with E-state index in [1.54, 1.807) is 47.1 Å². The van der Waals surface area contributed by atoms with E-state index >= 15 is 0 Å². The number of anilines is 2. The van der Waals surface area contributed by atoms with Gasteiger partial charge < -0.3 is 15.1 Å². The van der Waals surface area contributed by atoms with E-state index in [0.717, 1.165) is 11.3 Å². The summed E-state index contributed by atoms with van der Waals surface area (Å²) in [5.74, 6) is -0.402. The molecule has 9 nitrogen and oxygen atoms in total. The second-order valence-electron chi connectivity index (χ2n) is 6.22. The lowest BCUT2D eigenvalue weighted by atomic mass is 10.1. The van der Waals surface area contributed by atoms with Crippen molar-refractivity contribution in [2.24, 2.45) is 0 Å². The monoisotopic (exact) mass is 388 g/mol. The van der Waals surface area contributed by atoms with Crippen LogP contribution in [-0.4, -0.2) is 32.0 Å². The van der Waals surface area contributed by atoms with Crippen LogP contribution in [0, 0.1) is 6.92 Å². The maximum Gasteiger partial charge on any atom is 0.291 e. The number of carbonyl (C=O) groups is 2. The van der Waals surface area contributed by atoms with Gasteiger partial charge in [-0.25, -0.2) is 4.68 Å². The molecule has 0 aliphatic carbocycles. The first-order valence-electron chi connectivity index (χ1n) is 8.70. The number of rotatable bonds is 5. The Bertz CT molecular complexity index is 1140. The number of hydrogen-bond acceptors (Lipinski definition) is 6. The molecule has 29 heavy (non-hydrogen) atoms. The van der Waals surface area contributed by atoms with Gasteiger partial charge in [-0.05, 0) is 77.5 Å². The van der Waals surface area contributed by atoms with Crippen LogP contribution < -0.4 is 10.6 Å². The molecule has 4 rings (SSSR count). The fourth-order valence-corrected chi connectivity index (χ4v) is 2.77. The standard InChI is InChI=1S/C20H16N6O3/c1-13-11-16(8-9-17(13)26-12-21-24-25-26)23-19(27)14-4-6-15(7-5-14)22-20(28)18-3-2-10-29-18/h2-12H,1H3,(H,22,28)(H,23,27). The summed E-state index contributed by atoms with van der Waals surface area (Å²) in [7, 11) is 0.